The van der Waals surface area contributed by atoms with E-state index in [9.17, 15) is 14.0 Å². The van der Waals surface area contributed by atoms with Crippen molar-refractivity contribution in [2.24, 2.45) is 5.92 Å². The number of aromatic nitrogens is 2. The Bertz CT molecular complexity index is 980. The number of benzene rings is 1. The summed E-state index contributed by atoms with van der Waals surface area (Å²) in [5.74, 6) is -0.211. The largest absolute Gasteiger partial charge is 0.325 e. The van der Waals surface area contributed by atoms with E-state index in [-0.39, 0.29) is 29.0 Å². The first kappa shape index (κ1) is 18.6. The van der Waals surface area contributed by atoms with Crippen LogP contribution in [0.4, 0.5) is 10.1 Å². The molecule has 2 heterocycles. The number of thiophene rings is 1. The molecule has 0 atom stereocenters. The van der Waals surface area contributed by atoms with Gasteiger partial charge in [0, 0.05) is 12.2 Å². The summed E-state index contributed by atoms with van der Waals surface area (Å²) in [6, 6.07) is 7.39. The van der Waals surface area contributed by atoms with Crippen molar-refractivity contribution < 1.29 is 9.18 Å². The van der Waals surface area contributed by atoms with Crippen LogP contribution in [0.25, 0.3) is 10.2 Å². The van der Waals surface area contributed by atoms with Crippen LogP contribution in [-0.4, -0.2) is 21.2 Å². The maximum atomic E-state index is 12.9. The summed E-state index contributed by atoms with van der Waals surface area (Å²) in [5, 5.41) is 5.08. The van der Waals surface area contributed by atoms with Crippen LogP contribution in [0.1, 0.15) is 13.8 Å². The van der Waals surface area contributed by atoms with E-state index in [1.54, 1.807) is 4.57 Å². The van der Waals surface area contributed by atoms with Crippen LogP contribution in [0.15, 0.2) is 45.7 Å². The average Bonchev–Trinajstić information content (AvgIpc) is 3.06. The van der Waals surface area contributed by atoms with E-state index in [4.69, 9.17) is 0 Å². The van der Waals surface area contributed by atoms with Crippen LogP contribution in [0, 0.1) is 11.7 Å². The number of nitrogens with zero attached hydrogens (tertiary/aromatic N) is 2. The lowest BCUT2D eigenvalue weighted by Gasteiger charge is -2.13. The van der Waals surface area contributed by atoms with Crippen LogP contribution >= 0.6 is 23.1 Å². The fourth-order valence-electron chi connectivity index (χ4n) is 2.42. The maximum absolute atomic E-state index is 12.9. The van der Waals surface area contributed by atoms with Crippen molar-refractivity contribution in [3.63, 3.8) is 0 Å². The summed E-state index contributed by atoms with van der Waals surface area (Å²) in [7, 11) is 0. The number of carbonyl (C=O) groups is 1. The summed E-state index contributed by atoms with van der Waals surface area (Å²) in [4.78, 5) is 29.4. The highest BCUT2D eigenvalue weighted by Gasteiger charge is 2.15. The van der Waals surface area contributed by atoms with E-state index in [2.05, 4.69) is 10.3 Å². The fourth-order valence-corrected chi connectivity index (χ4v) is 4.01. The standard InChI is InChI=1S/C18H18FN3O2S2/c1-11(2)9-22-17(24)16-14(7-8-25-16)21-18(22)26-10-15(23)20-13-5-3-12(19)4-6-13/h3-8,11H,9-10H2,1-2H3,(H,20,23). The van der Waals surface area contributed by atoms with Crippen molar-refractivity contribution in [1.82, 2.24) is 9.55 Å². The number of fused-ring (bicyclic) bond motifs is 1. The Balaban J connectivity index is 1.77. The first-order valence-electron chi connectivity index (χ1n) is 8.10. The molecule has 3 rings (SSSR count). The molecule has 136 valence electrons. The molecule has 1 N–H and O–H groups in total. The molecule has 0 fully saturated rings. The molecule has 0 radical (unpaired) electrons. The van der Waals surface area contributed by atoms with E-state index in [0.717, 1.165) is 0 Å². The molecule has 8 heteroatoms. The molecule has 0 saturated heterocycles. The molecule has 3 aromatic rings. The molecule has 0 saturated carbocycles. The van der Waals surface area contributed by atoms with Gasteiger partial charge in [0.1, 0.15) is 10.5 Å². The Morgan fingerprint density at radius 2 is 2.04 bits per heavy atom. The highest BCUT2D eigenvalue weighted by molar-refractivity contribution is 7.99. The number of nitrogens with one attached hydrogen (secondary N) is 1. The molecule has 1 amide bonds. The van der Waals surface area contributed by atoms with Gasteiger partial charge < -0.3 is 5.32 Å². The first-order valence-corrected chi connectivity index (χ1v) is 9.97. The van der Waals surface area contributed by atoms with Gasteiger partial charge >= 0.3 is 0 Å². The molecular formula is C18H18FN3O2S2. The topological polar surface area (TPSA) is 64.0 Å². The number of halogens is 1. The second kappa shape index (κ2) is 8.01. The quantitative estimate of drug-likeness (QED) is 0.510. The van der Waals surface area contributed by atoms with Crippen molar-refractivity contribution >= 4 is 44.9 Å². The van der Waals surface area contributed by atoms with Gasteiger partial charge in [-0.2, -0.15) is 0 Å². The van der Waals surface area contributed by atoms with E-state index in [0.29, 0.717) is 27.6 Å². The van der Waals surface area contributed by atoms with Crippen molar-refractivity contribution in [3.8, 4) is 0 Å². The molecule has 5 nitrogen and oxygen atoms in total. The maximum Gasteiger partial charge on any atom is 0.272 e. The zero-order valence-electron chi connectivity index (χ0n) is 14.4. The van der Waals surface area contributed by atoms with Gasteiger partial charge in [0.15, 0.2) is 5.16 Å². The summed E-state index contributed by atoms with van der Waals surface area (Å²) in [6.07, 6.45) is 0. The molecule has 0 aliphatic rings. The number of rotatable bonds is 6. The first-order chi connectivity index (χ1) is 12.4. The fraction of sp³-hybridized carbons (Fsp3) is 0.278. The van der Waals surface area contributed by atoms with Crippen molar-refractivity contribution in [3.05, 3.63) is 51.9 Å². The normalized spacial score (nSPS) is 11.2. The lowest BCUT2D eigenvalue weighted by molar-refractivity contribution is -0.113. The van der Waals surface area contributed by atoms with Gasteiger partial charge in [0.2, 0.25) is 5.91 Å². The minimum absolute atomic E-state index is 0.0693. The summed E-state index contributed by atoms with van der Waals surface area (Å²) >= 11 is 2.60. The van der Waals surface area contributed by atoms with Crippen LogP contribution in [0.3, 0.4) is 0 Å². The van der Waals surface area contributed by atoms with E-state index in [1.165, 1.54) is 47.4 Å². The van der Waals surface area contributed by atoms with Gasteiger partial charge in [0.05, 0.1) is 11.3 Å². The van der Waals surface area contributed by atoms with Crippen LogP contribution in [-0.2, 0) is 11.3 Å². The summed E-state index contributed by atoms with van der Waals surface area (Å²) in [6.45, 7) is 4.60. The molecule has 26 heavy (non-hydrogen) atoms. The van der Waals surface area contributed by atoms with Crippen LogP contribution < -0.4 is 10.9 Å². The van der Waals surface area contributed by atoms with E-state index in [1.807, 2.05) is 25.3 Å². The Morgan fingerprint density at radius 1 is 1.31 bits per heavy atom. The summed E-state index contributed by atoms with van der Waals surface area (Å²) < 4.78 is 15.2. The van der Waals surface area contributed by atoms with Gasteiger partial charge in [-0.15, -0.1) is 11.3 Å². The molecule has 0 aliphatic heterocycles. The number of anilines is 1. The second-order valence-electron chi connectivity index (χ2n) is 6.18. The van der Waals surface area contributed by atoms with E-state index >= 15 is 0 Å². The van der Waals surface area contributed by atoms with Gasteiger partial charge in [-0.05, 0) is 41.6 Å². The Hall–Kier alpha value is -2.19. The predicted molar refractivity (Wildman–Crippen MR) is 104 cm³/mol. The number of amides is 1. The third-order valence-electron chi connectivity index (χ3n) is 3.54. The molecular weight excluding hydrogens is 373 g/mol. The molecule has 0 aliphatic carbocycles. The average molecular weight is 391 g/mol. The Morgan fingerprint density at radius 3 is 2.73 bits per heavy atom. The predicted octanol–water partition coefficient (Wildman–Crippen LogP) is 3.98. The van der Waals surface area contributed by atoms with Crippen LogP contribution in [0.2, 0.25) is 0 Å². The number of hydrogen-bond donors (Lipinski definition) is 1. The lowest BCUT2D eigenvalue weighted by Crippen LogP contribution is -2.25. The third kappa shape index (κ3) is 4.31. The van der Waals surface area contributed by atoms with Crippen molar-refractivity contribution in [2.45, 2.75) is 25.5 Å². The van der Waals surface area contributed by atoms with Gasteiger partial charge in [0.25, 0.3) is 5.56 Å². The minimum Gasteiger partial charge on any atom is -0.325 e. The molecule has 1 aromatic carbocycles. The highest BCUT2D eigenvalue weighted by Crippen LogP contribution is 2.22. The third-order valence-corrected chi connectivity index (χ3v) is 5.41. The van der Waals surface area contributed by atoms with Crippen molar-refractivity contribution in [1.29, 1.82) is 0 Å². The number of hydrogen-bond acceptors (Lipinski definition) is 5. The zero-order valence-corrected chi connectivity index (χ0v) is 16.0. The lowest BCUT2D eigenvalue weighted by atomic mass is 10.2. The van der Waals surface area contributed by atoms with Crippen LogP contribution in [0.5, 0.6) is 0 Å². The molecule has 0 bridgehead atoms. The monoisotopic (exact) mass is 391 g/mol. The molecule has 0 spiro atoms. The van der Waals surface area contributed by atoms with Crippen molar-refractivity contribution in [2.75, 3.05) is 11.1 Å². The minimum atomic E-state index is -0.358. The van der Waals surface area contributed by atoms with Gasteiger partial charge in [-0.25, -0.2) is 9.37 Å². The zero-order chi connectivity index (χ0) is 18.7. The van der Waals surface area contributed by atoms with Gasteiger partial charge in [-0.3, -0.25) is 14.2 Å². The van der Waals surface area contributed by atoms with Gasteiger partial charge in [-0.1, -0.05) is 25.6 Å². The Kier molecular flexibility index (Phi) is 5.73. The van der Waals surface area contributed by atoms with E-state index < -0.39 is 0 Å². The second-order valence-corrected chi connectivity index (χ2v) is 8.04. The number of carbonyl (C=O) groups excluding carboxylic acids is 1. The highest BCUT2D eigenvalue weighted by atomic mass is 32.2. The SMILES string of the molecule is CC(C)Cn1c(SCC(=O)Nc2ccc(F)cc2)nc2ccsc2c1=O. The smallest absolute Gasteiger partial charge is 0.272 e. The molecule has 2 aromatic heterocycles. The summed E-state index contributed by atoms with van der Waals surface area (Å²) in [5.41, 5.74) is 1.11. The number of thioether (sulfide) groups is 1. The Labute approximate surface area is 158 Å². The molecule has 0 unspecified atom stereocenters.